The van der Waals surface area contributed by atoms with Crippen molar-refractivity contribution in [3.8, 4) is 0 Å². The summed E-state index contributed by atoms with van der Waals surface area (Å²) in [5, 5.41) is 2.80. The van der Waals surface area contributed by atoms with E-state index in [4.69, 9.17) is 16.3 Å². The number of H-pyrrole nitrogens is 2. The topological polar surface area (TPSA) is 77.2 Å². The van der Waals surface area contributed by atoms with Gasteiger partial charge in [-0.3, -0.25) is 14.7 Å². The Morgan fingerprint density at radius 2 is 1.81 bits per heavy atom. The number of nitrogens with one attached hydrogen (secondary N) is 2. The van der Waals surface area contributed by atoms with Crippen LogP contribution in [0.25, 0.3) is 21.8 Å². The molecule has 0 aliphatic carbocycles. The molecule has 1 aliphatic heterocycles. The number of piperazine rings is 1. The smallest absolute Gasteiger partial charge is 0.270 e. The highest BCUT2D eigenvalue weighted by Crippen LogP contribution is 2.28. The van der Waals surface area contributed by atoms with Crippen LogP contribution in [-0.2, 0) is 22.6 Å². The lowest BCUT2D eigenvalue weighted by Gasteiger charge is -2.46. The largest absolute Gasteiger partial charge is 0.357 e. The van der Waals surface area contributed by atoms with Crippen LogP contribution in [0, 0.1) is 0 Å². The fourth-order valence-electron chi connectivity index (χ4n) is 4.36. The van der Waals surface area contributed by atoms with Gasteiger partial charge in [0, 0.05) is 77.4 Å². The van der Waals surface area contributed by atoms with Crippen molar-refractivity contribution in [2.45, 2.75) is 25.7 Å². The summed E-state index contributed by atoms with van der Waals surface area (Å²) in [6.45, 7) is 4.25. The number of ether oxygens (including phenoxy) is 1. The van der Waals surface area contributed by atoms with Crippen LogP contribution in [0.15, 0.2) is 48.8 Å². The molecule has 2 N–H and O–H groups in total. The van der Waals surface area contributed by atoms with Crippen LogP contribution in [0.2, 0.25) is 5.02 Å². The zero-order valence-corrected chi connectivity index (χ0v) is 18.2. The van der Waals surface area contributed by atoms with Crippen molar-refractivity contribution in [2.24, 2.45) is 0 Å². The van der Waals surface area contributed by atoms with E-state index in [-0.39, 0.29) is 5.91 Å². The van der Waals surface area contributed by atoms with Crippen molar-refractivity contribution in [1.29, 1.82) is 0 Å². The zero-order chi connectivity index (χ0) is 21.6. The lowest BCUT2D eigenvalue weighted by molar-refractivity contribution is -0.192. The molecule has 3 aromatic heterocycles. The molecule has 7 nitrogen and oxygen atoms in total. The van der Waals surface area contributed by atoms with Gasteiger partial charge in [0.1, 0.15) is 0 Å². The summed E-state index contributed by atoms with van der Waals surface area (Å²) in [6.07, 6.45) is 3.58. The Labute approximate surface area is 185 Å². The number of aromatic nitrogens is 3. The third kappa shape index (κ3) is 3.59. The predicted octanol–water partition coefficient (Wildman–Crippen LogP) is 3.90. The molecule has 1 saturated heterocycles. The van der Waals surface area contributed by atoms with Gasteiger partial charge in [-0.1, -0.05) is 11.6 Å². The maximum atomic E-state index is 13.4. The molecule has 31 heavy (non-hydrogen) atoms. The highest BCUT2D eigenvalue weighted by Gasteiger charge is 2.46. The highest BCUT2D eigenvalue weighted by molar-refractivity contribution is 6.31. The fourth-order valence-corrected chi connectivity index (χ4v) is 4.54. The third-order valence-electron chi connectivity index (χ3n) is 6.16. The van der Waals surface area contributed by atoms with Crippen molar-refractivity contribution in [2.75, 3.05) is 20.2 Å². The molecule has 1 aromatic carbocycles. The Morgan fingerprint density at radius 1 is 1.06 bits per heavy atom. The average molecular weight is 438 g/mol. The van der Waals surface area contributed by atoms with E-state index in [1.54, 1.807) is 13.3 Å². The maximum absolute atomic E-state index is 13.4. The minimum atomic E-state index is -1.04. The molecule has 0 saturated carbocycles. The minimum absolute atomic E-state index is 0.0443. The minimum Gasteiger partial charge on any atom is -0.357 e. The van der Waals surface area contributed by atoms with E-state index >= 15 is 0 Å². The fraction of sp³-hybridized carbons (Fsp3) is 0.304. The Balaban J connectivity index is 1.35. The summed E-state index contributed by atoms with van der Waals surface area (Å²) < 4.78 is 5.78. The number of hydrogen-bond acceptors (Lipinski definition) is 4. The van der Waals surface area contributed by atoms with E-state index in [2.05, 4.69) is 25.9 Å². The van der Waals surface area contributed by atoms with E-state index < -0.39 is 5.72 Å². The van der Waals surface area contributed by atoms with Crippen LogP contribution >= 0.6 is 11.6 Å². The monoisotopic (exact) mass is 437 g/mol. The molecule has 160 valence electrons. The van der Waals surface area contributed by atoms with E-state index in [1.165, 1.54) is 0 Å². The number of benzene rings is 1. The SMILES string of the molecule is CO[C@@]1(C)C(=O)N(Cc2cc3cnccc3[nH]2)CCN1Cc1cc2cc(Cl)ccc2[nH]1. The summed E-state index contributed by atoms with van der Waals surface area (Å²) in [5.74, 6) is -0.0443. The molecule has 0 spiro atoms. The van der Waals surface area contributed by atoms with Gasteiger partial charge in [0.05, 0.1) is 6.54 Å². The molecule has 1 fully saturated rings. The quantitative estimate of drug-likeness (QED) is 0.496. The molecule has 4 aromatic rings. The van der Waals surface area contributed by atoms with Gasteiger partial charge >= 0.3 is 0 Å². The summed E-state index contributed by atoms with van der Waals surface area (Å²) in [4.78, 5) is 28.3. The maximum Gasteiger partial charge on any atom is 0.270 e. The van der Waals surface area contributed by atoms with E-state index in [0.29, 0.717) is 31.2 Å². The number of halogens is 1. The molecule has 0 radical (unpaired) electrons. The second-order valence-electron chi connectivity index (χ2n) is 8.12. The number of hydrogen-bond donors (Lipinski definition) is 2. The van der Waals surface area contributed by atoms with Crippen molar-refractivity contribution in [1.82, 2.24) is 24.8 Å². The second-order valence-corrected chi connectivity index (χ2v) is 8.56. The number of pyridine rings is 1. The first kappa shape index (κ1) is 20.1. The first-order chi connectivity index (χ1) is 15.0. The van der Waals surface area contributed by atoms with E-state index in [9.17, 15) is 4.79 Å². The van der Waals surface area contributed by atoms with Gasteiger partial charge < -0.3 is 19.6 Å². The number of fused-ring (bicyclic) bond motifs is 2. The van der Waals surface area contributed by atoms with E-state index in [0.717, 1.165) is 33.2 Å². The van der Waals surface area contributed by atoms with Gasteiger partial charge in [-0.05, 0) is 43.3 Å². The molecule has 8 heteroatoms. The number of carbonyl (C=O) groups is 1. The van der Waals surface area contributed by atoms with Crippen molar-refractivity contribution < 1.29 is 9.53 Å². The standard InChI is InChI=1S/C23H24ClN5O2/c1-23(31-2)22(30)28(13-18-11-16-12-25-6-5-21(16)26-18)7-8-29(23)14-19-10-15-9-17(24)3-4-20(15)27-19/h3-6,9-12,26-27H,7-8,13-14H2,1-2H3/t23-/m0/s1. The van der Waals surface area contributed by atoms with Crippen LogP contribution in [-0.4, -0.2) is 56.6 Å². The molecule has 4 heterocycles. The zero-order valence-electron chi connectivity index (χ0n) is 17.5. The first-order valence-electron chi connectivity index (χ1n) is 10.2. The molecule has 1 amide bonds. The lowest BCUT2D eigenvalue weighted by atomic mass is 10.1. The first-order valence-corrected chi connectivity index (χ1v) is 10.6. The van der Waals surface area contributed by atoms with E-state index in [1.807, 2.05) is 48.4 Å². The van der Waals surface area contributed by atoms with Gasteiger partial charge in [-0.15, -0.1) is 0 Å². The number of rotatable bonds is 5. The Hall–Kier alpha value is -2.87. The molecule has 0 bridgehead atoms. The number of amides is 1. The van der Waals surface area contributed by atoms with Gasteiger partial charge in [0.15, 0.2) is 5.72 Å². The van der Waals surface area contributed by atoms with Crippen LogP contribution in [0.4, 0.5) is 0 Å². The summed E-state index contributed by atoms with van der Waals surface area (Å²) in [5.41, 5.74) is 3.00. The number of carbonyl (C=O) groups excluding carboxylic acids is 1. The van der Waals surface area contributed by atoms with Gasteiger partial charge in [-0.25, -0.2) is 0 Å². The Morgan fingerprint density at radius 3 is 2.58 bits per heavy atom. The normalized spacial score (nSPS) is 20.2. The lowest BCUT2D eigenvalue weighted by Crippen LogP contribution is -2.64. The molecular formula is C23H24ClN5O2. The molecular weight excluding hydrogens is 414 g/mol. The van der Waals surface area contributed by atoms with Crippen LogP contribution < -0.4 is 0 Å². The van der Waals surface area contributed by atoms with Crippen LogP contribution in [0.3, 0.4) is 0 Å². The Bertz CT molecular complexity index is 1230. The number of aromatic amines is 2. The van der Waals surface area contributed by atoms with Crippen molar-refractivity contribution in [3.05, 3.63) is 65.2 Å². The summed E-state index contributed by atoms with van der Waals surface area (Å²) >= 11 is 6.11. The average Bonchev–Trinajstić information content (AvgIpc) is 3.36. The third-order valence-corrected chi connectivity index (χ3v) is 6.40. The van der Waals surface area contributed by atoms with Crippen LogP contribution in [0.1, 0.15) is 18.3 Å². The second kappa shape index (κ2) is 7.67. The molecule has 1 atom stereocenters. The van der Waals surface area contributed by atoms with Crippen molar-refractivity contribution >= 4 is 39.3 Å². The van der Waals surface area contributed by atoms with Crippen LogP contribution in [0.5, 0.6) is 0 Å². The number of methoxy groups -OCH3 is 1. The van der Waals surface area contributed by atoms with Gasteiger partial charge in [-0.2, -0.15) is 0 Å². The van der Waals surface area contributed by atoms with Gasteiger partial charge in [0.2, 0.25) is 0 Å². The molecule has 0 unspecified atom stereocenters. The Kier molecular flexibility index (Phi) is 4.97. The predicted molar refractivity (Wildman–Crippen MR) is 121 cm³/mol. The van der Waals surface area contributed by atoms with Gasteiger partial charge in [0.25, 0.3) is 5.91 Å². The summed E-state index contributed by atoms with van der Waals surface area (Å²) in [6, 6.07) is 11.8. The highest BCUT2D eigenvalue weighted by atomic mass is 35.5. The summed E-state index contributed by atoms with van der Waals surface area (Å²) in [7, 11) is 1.59. The van der Waals surface area contributed by atoms with Crippen molar-refractivity contribution in [3.63, 3.8) is 0 Å². The molecule has 1 aliphatic rings. The molecule has 5 rings (SSSR count). The number of nitrogens with zero attached hydrogens (tertiary/aromatic N) is 3.